The smallest absolute Gasteiger partial charge is 0.220 e. The molecule has 0 aliphatic heterocycles. The van der Waals surface area contributed by atoms with Crippen molar-refractivity contribution >= 4 is 5.91 Å². The minimum atomic E-state index is 0.151. The van der Waals surface area contributed by atoms with Gasteiger partial charge in [0, 0.05) is 12.5 Å². The summed E-state index contributed by atoms with van der Waals surface area (Å²) < 4.78 is 0. The minimum absolute atomic E-state index is 0.151. The van der Waals surface area contributed by atoms with Crippen LogP contribution in [0, 0.1) is 13.8 Å². The molecule has 0 unspecified atom stereocenters. The van der Waals surface area contributed by atoms with Gasteiger partial charge in [0.15, 0.2) is 0 Å². The molecule has 0 heterocycles. The first kappa shape index (κ1) is 13.8. The van der Waals surface area contributed by atoms with E-state index in [1.165, 1.54) is 16.7 Å². The predicted molar refractivity (Wildman–Crippen MR) is 72.1 cm³/mol. The Morgan fingerprint density at radius 1 is 1.29 bits per heavy atom. The minimum Gasteiger partial charge on any atom is -0.354 e. The Morgan fingerprint density at radius 3 is 2.59 bits per heavy atom. The van der Waals surface area contributed by atoms with Crippen LogP contribution in [0.3, 0.4) is 0 Å². The van der Waals surface area contributed by atoms with Gasteiger partial charge in [-0.15, -0.1) is 0 Å². The van der Waals surface area contributed by atoms with Crippen molar-refractivity contribution in [2.24, 2.45) is 0 Å². The Morgan fingerprint density at radius 2 is 2.00 bits per heavy atom. The Kier molecular flexibility index (Phi) is 5.20. The highest BCUT2D eigenvalue weighted by atomic mass is 16.1. The van der Waals surface area contributed by atoms with E-state index >= 15 is 0 Å². The molecular formula is C15H23NO. The largest absolute Gasteiger partial charge is 0.354 e. The van der Waals surface area contributed by atoms with Crippen LogP contribution in [-0.2, 0) is 11.2 Å². The number of amides is 1. The van der Waals surface area contributed by atoms with E-state index < -0.39 is 0 Å². The molecule has 0 saturated carbocycles. The first-order chi connectivity index (χ1) is 8.02. The van der Waals surface area contributed by atoms with Crippen LogP contribution in [0.4, 0.5) is 0 Å². The van der Waals surface area contributed by atoms with E-state index in [0.717, 1.165) is 12.8 Å². The maximum absolute atomic E-state index is 11.6. The molecule has 1 rings (SSSR count). The van der Waals surface area contributed by atoms with E-state index in [2.05, 4.69) is 44.3 Å². The van der Waals surface area contributed by atoms with Crippen LogP contribution >= 0.6 is 0 Å². The van der Waals surface area contributed by atoms with Crippen molar-refractivity contribution in [1.29, 1.82) is 0 Å². The summed E-state index contributed by atoms with van der Waals surface area (Å²) in [5.74, 6) is 0.151. The fourth-order valence-corrected chi connectivity index (χ4v) is 1.67. The number of rotatable bonds is 5. The van der Waals surface area contributed by atoms with Crippen molar-refractivity contribution in [3.8, 4) is 0 Å². The second-order valence-electron chi connectivity index (χ2n) is 4.80. The third-order valence-electron chi connectivity index (χ3n) is 3.23. The number of carbonyl (C=O) groups excluding carboxylic acids is 1. The van der Waals surface area contributed by atoms with Crippen molar-refractivity contribution in [2.45, 2.75) is 53.0 Å². The number of aryl methyl sites for hydroxylation is 3. The molecular weight excluding hydrogens is 210 g/mol. The summed E-state index contributed by atoms with van der Waals surface area (Å²) in [6.45, 7) is 8.33. The van der Waals surface area contributed by atoms with Crippen molar-refractivity contribution < 1.29 is 4.79 Å². The van der Waals surface area contributed by atoms with E-state index in [9.17, 15) is 4.79 Å². The van der Waals surface area contributed by atoms with Gasteiger partial charge in [-0.1, -0.05) is 25.1 Å². The van der Waals surface area contributed by atoms with Crippen molar-refractivity contribution in [1.82, 2.24) is 5.32 Å². The van der Waals surface area contributed by atoms with Gasteiger partial charge < -0.3 is 5.32 Å². The normalized spacial score (nSPS) is 12.2. The highest BCUT2D eigenvalue weighted by Gasteiger charge is 2.05. The van der Waals surface area contributed by atoms with Crippen molar-refractivity contribution in [3.05, 3.63) is 34.9 Å². The van der Waals surface area contributed by atoms with Gasteiger partial charge in [-0.05, 0) is 50.3 Å². The van der Waals surface area contributed by atoms with E-state index in [1.54, 1.807) is 0 Å². The van der Waals surface area contributed by atoms with Gasteiger partial charge in [-0.3, -0.25) is 4.79 Å². The third kappa shape index (κ3) is 4.59. The summed E-state index contributed by atoms with van der Waals surface area (Å²) in [5, 5.41) is 2.99. The molecule has 2 heteroatoms. The zero-order valence-electron chi connectivity index (χ0n) is 11.3. The second kappa shape index (κ2) is 6.43. The molecule has 0 saturated heterocycles. The first-order valence-corrected chi connectivity index (χ1v) is 6.38. The van der Waals surface area contributed by atoms with Crippen molar-refractivity contribution in [3.63, 3.8) is 0 Å². The lowest BCUT2D eigenvalue weighted by Crippen LogP contribution is -2.32. The molecule has 0 spiro atoms. The van der Waals surface area contributed by atoms with Crippen LogP contribution in [-0.4, -0.2) is 11.9 Å². The Balaban J connectivity index is 2.45. The number of carbonyl (C=O) groups is 1. The number of benzene rings is 1. The molecule has 1 amide bonds. The summed E-state index contributed by atoms with van der Waals surface area (Å²) >= 11 is 0. The van der Waals surface area contributed by atoms with Crippen LogP contribution in [0.25, 0.3) is 0 Å². The lowest BCUT2D eigenvalue weighted by atomic mass is 10.0. The highest BCUT2D eigenvalue weighted by molar-refractivity contribution is 5.76. The summed E-state index contributed by atoms with van der Waals surface area (Å²) in [6, 6.07) is 6.68. The Bertz CT molecular complexity index is 385. The number of hydrogen-bond acceptors (Lipinski definition) is 1. The molecule has 0 fully saturated rings. The predicted octanol–water partition coefficient (Wildman–Crippen LogP) is 3.15. The fraction of sp³-hybridized carbons (Fsp3) is 0.533. The number of nitrogens with one attached hydrogen (secondary N) is 1. The van der Waals surface area contributed by atoms with Gasteiger partial charge in [0.05, 0.1) is 0 Å². The summed E-state index contributed by atoms with van der Waals surface area (Å²) in [4.78, 5) is 11.6. The van der Waals surface area contributed by atoms with Crippen molar-refractivity contribution in [2.75, 3.05) is 0 Å². The van der Waals surface area contributed by atoms with E-state index in [4.69, 9.17) is 0 Å². The van der Waals surface area contributed by atoms with Gasteiger partial charge in [-0.25, -0.2) is 0 Å². The molecule has 2 nitrogen and oxygen atoms in total. The Hall–Kier alpha value is -1.31. The fourth-order valence-electron chi connectivity index (χ4n) is 1.67. The van der Waals surface area contributed by atoms with Crippen LogP contribution in [0.2, 0.25) is 0 Å². The van der Waals surface area contributed by atoms with Gasteiger partial charge in [0.1, 0.15) is 0 Å². The van der Waals surface area contributed by atoms with E-state index in [-0.39, 0.29) is 11.9 Å². The molecule has 0 radical (unpaired) electrons. The van der Waals surface area contributed by atoms with Gasteiger partial charge in [0.25, 0.3) is 0 Å². The Labute approximate surface area is 104 Å². The average Bonchev–Trinajstić information content (AvgIpc) is 2.30. The maximum Gasteiger partial charge on any atom is 0.220 e. The molecule has 0 aliphatic rings. The summed E-state index contributed by atoms with van der Waals surface area (Å²) in [5.41, 5.74) is 3.84. The SMILES string of the molecule is CC[C@@H](C)NC(=O)CCc1ccc(C)c(C)c1. The quantitative estimate of drug-likeness (QED) is 0.831. The van der Waals surface area contributed by atoms with Gasteiger partial charge in [-0.2, -0.15) is 0 Å². The lowest BCUT2D eigenvalue weighted by molar-refractivity contribution is -0.121. The molecule has 17 heavy (non-hydrogen) atoms. The highest BCUT2D eigenvalue weighted by Crippen LogP contribution is 2.11. The third-order valence-corrected chi connectivity index (χ3v) is 3.23. The molecule has 0 aliphatic carbocycles. The van der Waals surface area contributed by atoms with Gasteiger partial charge in [0.2, 0.25) is 5.91 Å². The molecule has 0 aromatic heterocycles. The van der Waals surface area contributed by atoms with E-state index in [0.29, 0.717) is 6.42 Å². The molecule has 0 bridgehead atoms. The average molecular weight is 233 g/mol. The second-order valence-corrected chi connectivity index (χ2v) is 4.80. The molecule has 1 N–H and O–H groups in total. The van der Waals surface area contributed by atoms with Crippen LogP contribution in [0.1, 0.15) is 43.4 Å². The van der Waals surface area contributed by atoms with Crippen LogP contribution < -0.4 is 5.32 Å². The molecule has 1 aromatic carbocycles. The van der Waals surface area contributed by atoms with Crippen LogP contribution in [0.5, 0.6) is 0 Å². The van der Waals surface area contributed by atoms with Crippen LogP contribution in [0.15, 0.2) is 18.2 Å². The number of hydrogen-bond donors (Lipinski definition) is 1. The summed E-state index contributed by atoms with van der Waals surface area (Å²) in [7, 11) is 0. The summed E-state index contributed by atoms with van der Waals surface area (Å²) in [6.07, 6.45) is 2.38. The molecule has 94 valence electrons. The lowest BCUT2D eigenvalue weighted by Gasteiger charge is -2.11. The zero-order chi connectivity index (χ0) is 12.8. The molecule has 1 aromatic rings. The monoisotopic (exact) mass is 233 g/mol. The maximum atomic E-state index is 11.6. The van der Waals surface area contributed by atoms with Gasteiger partial charge >= 0.3 is 0 Å². The molecule has 1 atom stereocenters. The zero-order valence-corrected chi connectivity index (χ0v) is 11.3. The first-order valence-electron chi connectivity index (χ1n) is 6.38. The topological polar surface area (TPSA) is 29.1 Å². The van der Waals surface area contributed by atoms with E-state index in [1.807, 2.05) is 6.92 Å². The standard InChI is InChI=1S/C15H23NO/c1-5-13(4)16-15(17)9-8-14-7-6-11(2)12(3)10-14/h6-7,10,13H,5,8-9H2,1-4H3,(H,16,17)/t13-/m1/s1.